The van der Waals surface area contributed by atoms with Crippen LogP contribution in [0.2, 0.25) is 0 Å². The van der Waals surface area contributed by atoms with E-state index in [-0.39, 0.29) is 6.79 Å². The largest absolute Gasteiger partial charge is 0.465 e. The van der Waals surface area contributed by atoms with Crippen LogP contribution in [-0.2, 0) is 6.42 Å². The molecule has 0 fully saturated rings. The molecule has 0 unspecified atom stereocenters. The van der Waals surface area contributed by atoms with Gasteiger partial charge >= 0.3 is 6.09 Å². The third kappa shape index (κ3) is 2.31. The second-order valence-electron chi connectivity index (χ2n) is 3.17. The van der Waals surface area contributed by atoms with Crippen molar-refractivity contribution in [3.63, 3.8) is 0 Å². The number of benzene rings is 1. The summed E-state index contributed by atoms with van der Waals surface area (Å²) in [6.07, 6.45) is -0.362. The Morgan fingerprint density at radius 3 is 3.00 bits per heavy atom. The Morgan fingerprint density at radius 1 is 1.40 bits per heavy atom. The van der Waals surface area contributed by atoms with E-state index in [4.69, 9.17) is 14.6 Å². The van der Waals surface area contributed by atoms with E-state index in [2.05, 4.69) is 5.32 Å². The predicted molar refractivity (Wildman–Crippen MR) is 52.3 cm³/mol. The summed E-state index contributed by atoms with van der Waals surface area (Å²) in [4.78, 5) is 10.2. The van der Waals surface area contributed by atoms with Gasteiger partial charge in [-0.3, -0.25) is 0 Å². The molecule has 1 aromatic carbocycles. The van der Waals surface area contributed by atoms with Crippen molar-refractivity contribution < 1.29 is 19.4 Å². The average molecular weight is 209 g/mol. The van der Waals surface area contributed by atoms with Crippen LogP contribution in [-0.4, -0.2) is 24.5 Å². The quantitative estimate of drug-likeness (QED) is 0.785. The molecule has 5 heteroatoms. The van der Waals surface area contributed by atoms with E-state index >= 15 is 0 Å². The Hall–Kier alpha value is -1.91. The Balaban J connectivity index is 1.95. The van der Waals surface area contributed by atoms with Gasteiger partial charge in [0.25, 0.3) is 0 Å². The fraction of sp³-hybridized carbons (Fsp3) is 0.300. The number of ether oxygens (including phenoxy) is 2. The molecule has 0 spiro atoms. The molecule has 0 saturated carbocycles. The van der Waals surface area contributed by atoms with Crippen LogP contribution in [0.5, 0.6) is 11.5 Å². The van der Waals surface area contributed by atoms with Gasteiger partial charge in [0.2, 0.25) is 6.79 Å². The number of amides is 1. The van der Waals surface area contributed by atoms with Crippen molar-refractivity contribution in [1.29, 1.82) is 0 Å². The van der Waals surface area contributed by atoms with Crippen LogP contribution in [0.1, 0.15) is 5.56 Å². The van der Waals surface area contributed by atoms with Gasteiger partial charge in [0.15, 0.2) is 11.5 Å². The van der Waals surface area contributed by atoms with Gasteiger partial charge < -0.3 is 19.9 Å². The first kappa shape index (κ1) is 9.64. The molecule has 0 radical (unpaired) electrons. The molecule has 0 bridgehead atoms. The number of hydrogen-bond acceptors (Lipinski definition) is 3. The zero-order valence-corrected chi connectivity index (χ0v) is 8.03. The normalized spacial score (nSPS) is 12.5. The second kappa shape index (κ2) is 4.08. The lowest BCUT2D eigenvalue weighted by Crippen LogP contribution is -2.23. The second-order valence-corrected chi connectivity index (χ2v) is 3.17. The summed E-state index contributed by atoms with van der Waals surface area (Å²) in [6, 6.07) is 5.60. The molecule has 2 rings (SSSR count). The summed E-state index contributed by atoms with van der Waals surface area (Å²) >= 11 is 0. The van der Waals surface area contributed by atoms with Gasteiger partial charge in [0.1, 0.15) is 0 Å². The number of carbonyl (C=O) groups is 1. The van der Waals surface area contributed by atoms with Gasteiger partial charge in [-0.15, -0.1) is 0 Å². The van der Waals surface area contributed by atoms with E-state index < -0.39 is 6.09 Å². The highest BCUT2D eigenvalue weighted by Gasteiger charge is 2.12. The molecule has 1 aliphatic rings. The van der Waals surface area contributed by atoms with Crippen LogP contribution in [0, 0.1) is 0 Å². The van der Waals surface area contributed by atoms with Crippen molar-refractivity contribution in [1.82, 2.24) is 5.32 Å². The molecule has 15 heavy (non-hydrogen) atoms. The van der Waals surface area contributed by atoms with Gasteiger partial charge in [-0.25, -0.2) is 4.79 Å². The minimum absolute atomic E-state index is 0.256. The lowest BCUT2D eigenvalue weighted by Gasteiger charge is -2.02. The van der Waals surface area contributed by atoms with Crippen molar-refractivity contribution in [2.24, 2.45) is 0 Å². The minimum Gasteiger partial charge on any atom is -0.465 e. The highest BCUT2D eigenvalue weighted by molar-refractivity contribution is 5.64. The summed E-state index contributed by atoms with van der Waals surface area (Å²) < 4.78 is 10.4. The molecular formula is C10H11NO4. The van der Waals surface area contributed by atoms with Crippen molar-refractivity contribution in [3.8, 4) is 11.5 Å². The Bertz CT molecular complexity index is 378. The molecule has 2 N–H and O–H groups in total. The van der Waals surface area contributed by atoms with Gasteiger partial charge in [-0.2, -0.15) is 0 Å². The number of fused-ring (bicyclic) bond motifs is 1. The van der Waals surface area contributed by atoms with Crippen LogP contribution in [0.4, 0.5) is 4.79 Å². The van der Waals surface area contributed by atoms with Crippen molar-refractivity contribution in [3.05, 3.63) is 23.8 Å². The maximum atomic E-state index is 10.2. The van der Waals surface area contributed by atoms with Gasteiger partial charge in [-0.05, 0) is 24.1 Å². The van der Waals surface area contributed by atoms with Gasteiger partial charge in [-0.1, -0.05) is 6.07 Å². The first-order valence-electron chi connectivity index (χ1n) is 4.61. The third-order valence-corrected chi connectivity index (χ3v) is 2.13. The topological polar surface area (TPSA) is 67.8 Å². The standard InChI is InChI=1S/C10H11NO4/c12-10(13)11-4-3-7-1-2-8-9(5-7)15-6-14-8/h1-2,5,11H,3-4,6H2,(H,12,13). The van der Waals surface area contributed by atoms with E-state index in [1.54, 1.807) is 0 Å². The van der Waals surface area contributed by atoms with Gasteiger partial charge in [0, 0.05) is 6.54 Å². The molecule has 0 saturated heterocycles. The SMILES string of the molecule is O=C(O)NCCc1ccc2c(c1)OCO2. The third-order valence-electron chi connectivity index (χ3n) is 2.13. The van der Waals surface area contributed by atoms with E-state index in [1.165, 1.54) is 0 Å². The maximum absolute atomic E-state index is 10.2. The Labute approximate surface area is 86.6 Å². The Kier molecular flexibility index (Phi) is 2.62. The first-order chi connectivity index (χ1) is 7.25. The highest BCUT2D eigenvalue weighted by Crippen LogP contribution is 2.32. The zero-order valence-electron chi connectivity index (χ0n) is 8.03. The zero-order chi connectivity index (χ0) is 10.7. The van der Waals surface area contributed by atoms with Crippen molar-refractivity contribution in [2.75, 3.05) is 13.3 Å². The monoisotopic (exact) mass is 209 g/mol. The van der Waals surface area contributed by atoms with Crippen LogP contribution < -0.4 is 14.8 Å². The van der Waals surface area contributed by atoms with E-state index in [0.717, 1.165) is 17.1 Å². The summed E-state index contributed by atoms with van der Waals surface area (Å²) in [5.74, 6) is 1.47. The van der Waals surface area contributed by atoms with Crippen LogP contribution in [0.15, 0.2) is 18.2 Å². The number of carboxylic acid groups (broad SMARTS) is 1. The van der Waals surface area contributed by atoms with Crippen LogP contribution in [0.3, 0.4) is 0 Å². The lowest BCUT2D eigenvalue weighted by atomic mass is 10.1. The van der Waals surface area contributed by atoms with E-state index in [0.29, 0.717) is 13.0 Å². The number of rotatable bonds is 3. The summed E-state index contributed by atoms with van der Waals surface area (Å²) in [5.41, 5.74) is 1.02. The molecule has 0 aromatic heterocycles. The van der Waals surface area contributed by atoms with Crippen molar-refractivity contribution >= 4 is 6.09 Å². The molecular weight excluding hydrogens is 198 g/mol. The summed E-state index contributed by atoms with van der Waals surface area (Å²) in [5, 5.41) is 10.7. The lowest BCUT2D eigenvalue weighted by molar-refractivity contribution is 0.174. The molecule has 0 aliphatic carbocycles. The fourth-order valence-corrected chi connectivity index (χ4v) is 1.41. The minimum atomic E-state index is -1.00. The molecule has 1 aromatic rings. The molecule has 1 amide bonds. The van der Waals surface area contributed by atoms with Crippen molar-refractivity contribution in [2.45, 2.75) is 6.42 Å². The first-order valence-corrected chi connectivity index (χ1v) is 4.61. The maximum Gasteiger partial charge on any atom is 0.404 e. The molecule has 0 atom stereocenters. The smallest absolute Gasteiger partial charge is 0.404 e. The van der Waals surface area contributed by atoms with E-state index in [1.807, 2.05) is 18.2 Å². The fourth-order valence-electron chi connectivity index (χ4n) is 1.41. The summed E-state index contributed by atoms with van der Waals surface area (Å²) in [6.45, 7) is 0.654. The summed E-state index contributed by atoms with van der Waals surface area (Å²) in [7, 11) is 0. The van der Waals surface area contributed by atoms with Gasteiger partial charge in [0.05, 0.1) is 0 Å². The molecule has 1 heterocycles. The molecule has 5 nitrogen and oxygen atoms in total. The van der Waals surface area contributed by atoms with E-state index in [9.17, 15) is 4.79 Å². The predicted octanol–water partition coefficient (Wildman–Crippen LogP) is 1.23. The Morgan fingerprint density at radius 2 is 2.20 bits per heavy atom. The molecule has 1 aliphatic heterocycles. The van der Waals surface area contributed by atoms with Crippen LogP contribution in [0.25, 0.3) is 0 Å². The number of nitrogens with one attached hydrogen (secondary N) is 1. The van der Waals surface area contributed by atoms with Crippen LogP contribution >= 0.6 is 0 Å². The average Bonchev–Trinajstić information content (AvgIpc) is 2.64. The highest BCUT2D eigenvalue weighted by atomic mass is 16.7. The number of hydrogen-bond donors (Lipinski definition) is 2. The molecule has 80 valence electrons.